The van der Waals surface area contributed by atoms with Crippen molar-refractivity contribution in [3.05, 3.63) is 24.3 Å². The van der Waals surface area contributed by atoms with Crippen LogP contribution in [0.15, 0.2) is 33.9 Å². The third-order valence-electron chi connectivity index (χ3n) is 2.86. The average molecular weight is 306 g/mol. The molecule has 0 radical (unpaired) electrons. The van der Waals surface area contributed by atoms with Crippen molar-refractivity contribution in [3.63, 3.8) is 0 Å². The fraction of sp³-hybridized carbons (Fsp3) is 0.357. The minimum atomic E-state index is 0.00934. The smallest absolute Gasteiger partial charge is 0.277 e. The molecule has 0 aliphatic rings. The van der Waals surface area contributed by atoms with Gasteiger partial charge in [-0.05, 0) is 24.3 Å². The molecule has 112 valence electrons. The lowest BCUT2D eigenvalue weighted by molar-refractivity contribution is -0.125. The highest BCUT2D eigenvalue weighted by atomic mass is 32.2. The topological polar surface area (TPSA) is 62.5 Å². The second kappa shape index (κ2) is 6.62. The van der Waals surface area contributed by atoms with Crippen molar-refractivity contribution < 1.29 is 9.21 Å². The van der Waals surface area contributed by atoms with E-state index in [1.807, 2.05) is 43.3 Å². The molecule has 0 aliphatic heterocycles. The zero-order valence-corrected chi connectivity index (χ0v) is 13.3. The van der Waals surface area contributed by atoms with Gasteiger partial charge in [-0.15, -0.1) is 10.2 Å². The van der Waals surface area contributed by atoms with Gasteiger partial charge < -0.3 is 14.2 Å². The van der Waals surface area contributed by atoms with Gasteiger partial charge in [0, 0.05) is 39.4 Å². The summed E-state index contributed by atoms with van der Waals surface area (Å²) in [5.74, 6) is 0.754. The van der Waals surface area contributed by atoms with Crippen LogP contribution in [0.2, 0.25) is 0 Å². The Balaban J connectivity index is 2.04. The number of hydrogen-bond donors (Lipinski definition) is 0. The molecule has 1 heterocycles. The molecule has 0 aliphatic carbocycles. The summed E-state index contributed by atoms with van der Waals surface area (Å²) in [6.07, 6.45) is 0. The van der Waals surface area contributed by atoms with E-state index in [1.165, 1.54) is 16.7 Å². The second-order valence-corrected chi connectivity index (χ2v) is 5.82. The summed E-state index contributed by atoms with van der Waals surface area (Å²) in [4.78, 5) is 15.1. The third-order valence-corrected chi connectivity index (χ3v) is 3.66. The number of rotatable bonds is 5. The van der Waals surface area contributed by atoms with Crippen molar-refractivity contribution >= 4 is 23.4 Å². The molecule has 21 heavy (non-hydrogen) atoms. The molecule has 6 nitrogen and oxygen atoms in total. The molecule has 2 rings (SSSR count). The van der Waals surface area contributed by atoms with Crippen LogP contribution in [0.1, 0.15) is 0 Å². The molecule has 0 bridgehead atoms. The van der Waals surface area contributed by atoms with Crippen molar-refractivity contribution in [1.82, 2.24) is 15.1 Å². The lowest BCUT2D eigenvalue weighted by atomic mass is 10.2. The number of thioether (sulfide) groups is 1. The first kappa shape index (κ1) is 15.4. The quantitative estimate of drug-likeness (QED) is 0.787. The van der Waals surface area contributed by atoms with E-state index in [4.69, 9.17) is 4.42 Å². The Morgan fingerprint density at radius 3 is 2.38 bits per heavy atom. The van der Waals surface area contributed by atoms with E-state index >= 15 is 0 Å². The summed E-state index contributed by atoms with van der Waals surface area (Å²) in [7, 11) is 7.40. The predicted molar refractivity (Wildman–Crippen MR) is 83.5 cm³/mol. The molecule has 0 N–H and O–H groups in total. The molecule has 1 aromatic carbocycles. The van der Waals surface area contributed by atoms with Crippen molar-refractivity contribution in [2.75, 3.05) is 38.8 Å². The fourth-order valence-corrected chi connectivity index (χ4v) is 2.28. The highest BCUT2D eigenvalue weighted by Gasteiger charge is 2.12. The summed E-state index contributed by atoms with van der Waals surface area (Å²) in [6.45, 7) is 0. The summed E-state index contributed by atoms with van der Waals surface area (Å²) in [6, 6.07) is 7.84. The van der Waals surface area contributed by atoms with E-state index in [1.54, 1.807) is 14.1 Å². The summed E-state index contributed by atoms with van der Waals surface area (Å²) >= 11 is 1.24. The molecule has 0 atom stereocenters. The molecule has 0 saturated heterocycles. The van der Waals surface area contributed by atoms with E-state index in [0.29, 0.717) is 11.1 Å². The van der Waals surface area contributed by atoms with Crippen molar-refractivity contribution in [1.29, 1.82) is 0 Å². The number of carbonyl (C=O) groups excluding carboxylic acids is 1. The Labute approximate surface area is 128 Å². The zero-order chi connectivity index (χ0) is 15.4. The molecule has 0 unspecified atom stereocenters. The number of carbonyl (C=O) groups is 1. The number of hydrogen-bond acceptors (Lipinski definition) is 6. The molecule has 7 heteroatoms. The van der Waals surface area contributed by atoms with Gasteiger partial charge in [0.25, 0.3) is 5.22 Å². The highest BCUT2D eigenvalue weighted by Crippen LogP contribution is 2.24. The maximum absolute atomic E-state index is 11.5. The van der Waals surface area contributed by atoms with Gasteiger partial charge in [-0.25, -0.2) is 0 Å². The molecule has 0 spiro atoms. The van der Waals surface area contributed by atoms with Crippen LogP contribution in [-0.2, 0) is 4.79 Å². The van der Waals surface area contributed by atoms with Gasteiger partial charge in [0.05, 0.1) is 5.75 Å². The van der Waals surface area contributed by atoms with Crippen molar-refractivity contribution in [2.24, 2.45) is 0 Å². The van der Waals surface area contributed by atoms with Gasteiger partial charge in [0.1, 0.15) is 0 Å². The standard InChI is InChI=1S/C14H18N4O2S/c1-17(2)11-7-5-10(6-8-11)13-15-16-14(20-13)21-9-12(19)18(3)4/h5-8H,9H2,1-4H3. The van der Waals surface area contributed by atoms with E-state index in [9.17, 15) is 4.79 Å². The molecule has 0 fully saturated rings. The maximum atomic E-state index is 11.5. The van der Waals surface area contributed by atoms with Gasteiger partial charge in [-0.3, -0.25) is 4.79 Å². The molecular formula is C14H18N4O2S. The fourth-order valence-electron chi connectivity index (χ4n) is 1.54. The van der Waals surface area contributed by atoms with Gasteiger partial charge in [-0.2, -0.15) is 0 Å². The normalized spacial score (nSPS) is 10.5. The van der Waals surface area contributed by atoms with Crippen LogP contribution in [0.4, 0.5) is 5.69 Å². The molecule has 1 aromatic heterocycles. The predicted octanol–water partition coefficient (Wildman–Crippen LogP) is 1.98. The molecule has 2 aromatic rings. The van der Waals surface area contributed by atoms with Gasteiger partial charge in [0.15, 0.2) is 0 Å². The molecule has 1 amide bonds. The summed E-state index contributed by atoms with van der Waals surface area (Å²) in [5, 5.41) is 8.35. The number of amides is 1. The van der Waals surface area contributed by atoms with Crippen molar-refractivity contribution in [2.45, 2.75) is 5.22 Å². The van der Waals surface area contributed by atoms with Gasteiger partial charge >= 0.3 is 0 Å². The first-order chi connectivity index (χ1) is 9.97. The van der Waals surface area contributed by atoms with Crippen LogP contribution in [0.5, 0.6) is 0 Å². The van der Waals surface area contributed by atoms with Gasteiger partial charge in [-0.1, -0.05) is 11.8 Å². The monoisotopic (exact) mass is 306 g/mol. The number of aromatic nitrogens is 2. The van der Waals surface area contributed by atoms with Crippen LogP contribution in [-0.4, -0.2) is 54.9 Å². The summed E-state index contributed by atoms with van der Waals surface area (Å²) < 4.78 is 5.56. The van der Waals surface area contributed by atoms with E-state index in [-0.39, 0.29) is 11.7 Å². The Bertz CT molecular complexity index is 608. The van der Waals surface area contributed by atoms with Gasteiger partial charge in [0.2, 0.25) is 11.8 Å². The van der Waals surface area contributed by atoms with Crippen LogP contribution in [0, 0.1) is 0 Å². The van der Waals surface area contributed by atoms with E-state index in [2.05, 4.69) is 10.2 Å². The number of nitrogens with zero attached hydrogens (tertiary/aromatic N) is 4. The van der Waals surface area contributed by atoms with Crippen LogP contribution >= 0.6 is 11.8 Å². The number of benzene rings is 1. The second-order valence-electron chi connectivity index (χ2n) is 4.89. The first-order valence-corrected chi connectivity index (χ1v) is 7.40. The Kier molecular flexibility index (Phi) is 4.85. The summed E-state index contributed by atoms with van der Waals surface area (Å²) in [5.41, 5.74) is 1.96. The first-order valence-electron chi connectivity index (χ1n) is 6.41. The Morgan fingerprint density at radius 2 is 1.81 bits per heavy atom. The number of anilines is 1. The molecular weight excluding hydrogens is 288 g/mol. The highest BCUT2D eigenvalue weighted by molar-refractivity contribution is 7.99. The zero-order valence-electron chi connectivity index (χ0n) is 12.5. The SMILES string of the molecule is CN(C)C(=O)CSc1nnc(-c2ccc(N(C)C)cc2)o1. The lowest BCUT2D eigenvalue weighted by Crippen LogP contribution is -2.23. The molecule has 0 saturated carbocycles. The maximum Gasteiger partial charge on any atom is 0.277 e. The van der Waals surface area contributed by atoms with Crippen LogP contribution < -0.4 is 4.90 Å². The minimum absolute atomic E-state index is 0.00934. The Morgan fingerprint density at radius 1 is 1.14 bits per heavy atom. The largest absolute Gasteiger partial charge is 0.411 e. The van der Waals surface area contributed by atoms with Crippen molar-refractivity contribution in [3.8, 4) is 11.5 Å². The van der Waals surface area contributed by atoms with E-state index < -0.39 is 0 Å². The van der Waals surface area contributed by atoms with E-state index in [0.717, 1.165) is 11.3 Å². The van der Waals surface area contributed by atoms with Crippen LogP contribution in [0.3, 0.4) is 0 Å². The van der Waals surface area contributed by atoms with Crippen LogP contribution in [0.25, 0.3) is 11.5 Å². The average Bonchev–Trinajstić information content (AvgIpc) is 2.93. The Hall–Kier alpha value is -2.02. The minimum Gasteiger partial charge on any atom is -0.411 e. The lowest BCUT2D eigenvalue weighted by Gasteiger charge is -2.11. The third kappa shape index (κ3) is 3.98.